The van der Waals surface area contributed by atoms with Crippen LogP contribution in [0.3, 0.4) is 0 Å². The Morgan fingerprint density at radius 3 is 2.70 bits per heavy atom. The lowest BCUT2D eigenvalue weighted by Crippen LogP contribution is -2.32. The Kier molecular flexibility index (Phi) is 4.42. The van der Waals surface area contributed by atoms with E-state index in [4.69, 9.17) is 10.00 Å². The number of methoxy groups -OCH3 is 1. The quantitative estimate of drug-likeness (QED) is 0.918. The summed E-state index contributed by atoms with van der Waals surface area (Å²) in [5.74, 6) is 1.48. The van der Waals surface area contributed by atoms with Crippen LogP contribution >= 0.6 is 0 Å². The predicted octanol–water partition coefficient (Wildman–Crippen LogP) is 3.28. The van der Waals surface area contributed by atoms with Gasteiger partial charge in [-0.3, -0.25) is 0 Å². The third kappa shape index (κ3) is 2.98. The molecule has 1 aliphatic carbocycles. The standard InChI is InChI=1S/C18H20N4O/c1-23-16-7-3-2-6-14(16)18(8-4-5-9-18)13-22-17-15(12-19)20-10-11-21-17/h2-3,6-7,10-11H,4-5,8-9,13H2,1H3,(H,21,22). The number of nitrogens with zero attached hydrogens (tertiary/aromatic N) is 3. The molecule has 0 atom stereocenters. The maximum absolute atomic E-state index is 9.16. The van der Waals surface area contributed by atoms with Crippen LogP contribution in [-0.2, 0) is 5.41 Å². The maximum atomic E-state index is 9.16. The second kappa shape index (κ2) is 6.66. The van der Waals surface area contributed by atoms with E-state index in [9.17, 15) is 0 Å². The van der Waals surface area contributed by atoms with E-state index in [0.29, 0.717) is 11.5 Å². The van der Waals surface area contributed by atoms with Crippen LogP contribution in [0.15, 0.2) is 36.7 Å². The summed E-state index contributed by atoms with van der Waals surface area (Å²) in [6.45, 7) is 0.723. The smallest absolute Gasteiger partial charge is 0.182 e. The Bertz CT molecular complexity index is 717. The zero-order chi connectivity index (χ0) is 16.1. The molecule has 1 aromatic carbocycles. The van der Waals surface area contributed by atoms with Crippen molar-refractivity contribution in [2.24, 2.45) is 0 Å². The van der Waals surface area contributed by atoms with Crippen molar-refractivity contribution in [1.29, 1.82) is 5.26 Å². The van der Waals surface area contributed by atoms with Crippen molar-refractivity contribution in [3.05, 3.63) is 47.9 Å². The summed E-state index contributed by atoms with van der Waals surface area (Å²) < 4.78 is 5.57. The average molecular weight is 308 g/mol. The fourth-order valence-electron chi connectivity index (χ4n) is 3.48. The molecule has 0 unspecified atom stereocenters. The molecule has 3 rings (SSSR count). The molecule has 5 nitrogen and oxygen atoms in total. The van der Waals surface area contributed by atoms with Crippen LogP contribution in [0.4, 0.5) is 5.82 Å². The Morgan fingerprint density at radius 1 is 1.22 bits per heavy atom. The van der Waals surface area contributed by atoms with Gasteiger partial charge in [0.05, 0.1) is 7.11 Å². The minimum absolute atomic E-state index is 0.0108. The van der Waals surface area contributed by atoms with Crippen LogP contribution in [0, 0.1) is 11.3 Å². The van der Waals surface area contributed by atoms with Gasteiger partial charge in [-0.15, -0.1) is 0 Å². The molecule has 5 heteroatoms. The number of ether oxygens (including phenoxy) is 1. The molecule has 1 aromatic heterocycles. The van der Waals surface area contributed by atoms with Gasteiger partial charge in [0.2, 0.25) is 0 Å². The molecular formula is C18H20N4O. The van der Waals surface area contributed by atoms with Crippen molar-refractivity contribution in [3.63, 3.8) is 0 Å². The molecule has 1 aliphatic rings. The van der Waals surface area contributed by atoms with E-state index in [1.165, 1.54) is 24.6 Å². The van der Waals surface area contributed by atoms with E-state index in [-0.39, 0.29) is 5.41 Å². The number of anilines is 1. The molecule has 118 valence electrons. The summed E-state index contributed by atoms with van der Waals surface area (Å²) in [4.78, 5) is 8.31. The van der Waals surface area contributed by atoms with Crippen molar-refractivity contribution < 1.29 is 4.74 Å². The van der Waals surface area contributed by atoms with Crippen molar-refractivity contribution in [2.45, 2.75) is 31.1 Å². The highest BCUT2D eigenvalue weighted by atomic mass is 16.5. The van der Waals surface area contributed by atoms with Gasteiger partial charge in [0, 0.05) is 29.9 Å². The monoisotopic (exact) mass is 308 g/mol. The van der Waals surface area contributed by atoms with Gasteiger partial charge in [-0.1, -0.05) is 31.0 Å². The third-order valence-corrected chi connectivity index (χ3v) is 4.64. The number of hydrogen-bond acceptors (Lipinski definition) is 5. The van der Waals surface area contributed by atoms with E-state index in [1.54, 1.807) is 13.3 Å². The van der Waals surface area contributed by atoms with Crippen molar-refractivity contribution in [1.82, 2.24) is 9.97 Å². The van der Waals surface area contributed by atoms with Crippen LogP contribution in [0.25, 0.3) is 0 Å². The van der Waals surface area contributed by atoms with Crippen LogP contribution in [0.5, 0.6) is 5.75 Å². The summed E-state index contributed by atoms with van der Waals surface area (Å²) in [6.07, 6.45) is 7.74. The van der Waals surface area contributed by atoms with E-state index < -0.39 is 0 Å². The Balaban J connectivity index is 1.89. The molecule has 2 aromatic rings. The Hall–Kier alpha value is -2.61. The topological polar surface area (TPSA) is 70.8 Å². The fourth-order valence-corrected chi connectivity index (χ4v) is 3.48. The van der Waals surface area contributed by atoms with Crippen molar-refractivity contribution in [3.8, 4) is 11.8 Å². The molecule has 0 radical (unpaired) electrons. The normalized spacial score (nSPS) is 15.8. The Labute approximate surface area is 136 Å². The first-order chi connectivity index (χ1) is 11.3. The second-order valence-corrected chi connectivity index (χ2v) is 5.91. The first kappa shape index (κ1) is 15.3. The average Bonchev–Trinajstić information content (AvgIpc) is 3.10. The van der Waals surface area contributed by atoms with E-state index >= 15 is 0 Å². The minimum Gasteiger partial charge on any atom is -0.496 e. The zero-order valence-electron chi connectivity index (χ0n) is 13.2. The van der Waals surface area contributed by atoms with Gasteiger partial charge in [0.1, 0.15) is 11.8 Å². The number of aromatic nitrogens is 2. The van der Waals surface area contributed by atoms with E-state index in [0.717, 1.165) is 25.1 Å². The lowest BCUT2D eigenvalue weighted by atomic mass is 9.78. The zero-order valence-corrected chi connectivity index (χ0v) is 13.2. The van der Waals surface area contributed by atoms with Gasteiger partial charge in [-0.25, -0.2) is 9.97 Å². The highest BCUT2D eigenvalue weighted by Gasteiger charge is 2.37. The second-order valence-electron chi connectivity index (χ2n) is 5.91. The molecule has 23 heavy (non-hydrogen) atoms. The summed E-state index contributed by atoms with van der Waals surface area (Å²) in [7, 11) is 1.71. The van der Waals surface area contributed by atoms with Gasteiger partial charge in [0.25, 0.3) is 0 Å². The number of nitriles is 1. The molecule has 1 saturated carbocycles. The van der Waals surface area contributed by atoms with Crippen molar-refractivity contribution in [2.75, 3.05) is 19.0 Å². The van der Waals surface area contributed by atoms with Crippen LogP contribution in [-0.4, -0.2) is 23.6 Å². The maximum Gasteiger partial charge on any atom is 0.182 e. The number of para-hydroxylation sites is 1. The highest BCUT2D eigenvalue weighted by molar-refractivity contribution is 5.49. The SMILES string of the molecule is COc1ccccc1C1(CNc2nccnc2C#N)CCCC1. The molecular weight excluding hydrogens is 288 g/mol. The van der Waals surface area contributed by atoms with Crippen LogP contribution in [0.1, 0.15) is 36.9 Å². The summed E-state index contributed by atoms with van der Waals surface area (Å²) >= 11 is 0. The number of nitrogens with one attached hydrogen (secondary N) is 1. The minimum atomic E-state index is 0.0108. The molecule has 0 aliphatic heterocycles. The third-order valence-electron chi connectivity index (χ3n) is 4.64. The summed E-state index contributed by atoms with van der Waals surface area (Å²) in [6, 6.07) is 10.3. The lowest BCUT2D eigenvalue weighted by molar-refractivity contribution is 0.381. The first-order valence-corrected chi connectivity index (χ1v) is 7.87. The number of hydrogen-bond donors (Lipinski definition) is 1. The molecule has 0 saturated heterocycles. The molecule has 1 N–H and O–H groups in total. The summed E-state index contributed by atoms with van der Waals surface area (Å²) in [5.41, 5.74) is 1.58. The van der Waals surface area contributed by atoms with E-state index in [2.05, 4.69) is 33.5 Å². The van der Waals surface area contributed by atoms with E-state index in [1.807, 2.05) is 12.1 Å². The molecule has 1 heterocycles. The van der Waals surface area contributed by atoms with Gasteiger partial charge in [0.15, 0.2) is 11.5 Å². The Morgan fingerprint density at radius 2 is 1.96 bits per heavy atom. The van der Waals surface area contributed by atoms with Crippen LogP contribution < -0.4 is 10.1 Å². The van der Waals surface area contributed by atoms with Gasteiger partial charge in [-0.05, 0) is 18.9 Å². The number of benzene rings is 1. The molecule has 0 amide bonds. The van der Waals surface area contributed by atoms with Gasteiger partial charge >= 0.3 is 0 Å². The van der Waals surface area contributed by atoms with Gasteiger partial charge in [-0.2, -0.15) is 5.26 Å². The summed E-state index contributed by atoms with van der Waals surface area (Å²) in [5, 5.41) is 12.5. The molecule has 0 bridgehead atoms. The lowest BCUT2D eigenvalue weighted by Gasteiger charge is -2.31. The van der Waals surface area contributed by atoms with Crippen molar-refractivity contribution >= 4 is 5.82 Å². The first-order valence-electron chi connectivity index (χ1n) is 7.87. The van der Waals surface area contributed by atoms with Crippen LogP contribution in [0.2, 0.25) is 0 Å². The number of rotatable bonds is 5. The molecule has 0 spiro atoms. The largest absolute Gasteiger partial charge is 0.496 e. The fraction of sp³-hybridized carbons (Fsp3) is 0.389. The highest BCUT2D eigenvalue weighted by Crippen LogP contribution is 2.44. The predicted molar refractivity (Wildman–Crippen MR) is 88.4 cm³/mol. The molecule has 1 fully saturated rings. The van der Waals surface area contributed by atoms with Gasteiger partial charge < -0.3 is 10.1 Å².